The number of hydrogen-bond acceptors (Lipinski definition) is 4. The van der Waals surface area contributed by atoms with Crippen LogP contribution in [-0.2, 0) is 19.9 Å². The van der Waals surface area contributed by atoms with E-state index in [9.17, 15) is 4.79 Å². The Kier molecular flexibility index (Phi) is 4.43. The number of fused-ring (bicyclic) bond motifs is 3. The predicted molar refractivity (Wildman–Crippen MR) is 91.8 cm³/mol. The first kappa shape index (κ1) is 15.1. The molecule has 0 saturated carbocycles. The van der Waals surface area contributed by atoms with Gasteiger partial charge in [-0.1, -0.05) is 29.4 Å². The minimum Gasteiger partial charge on any atom is -0.290 e. The van der Waals surface area contributed by atoms with Crippen LogP contribution in [0.15, 0.2) is 21.1 Å². The van der Waals surface area contributed by atoms with Crippen molar-refractivity contribution in [1.29, 1.82) is 0 Å². The van der Waals surface area contributed by atoms with E-state index in [0.717, 1.165) is 39.0 Å². The Morgan fingerprint density at radius 1 is 1.48 bits per heavy atom. The van der Waals surface area contributed by atoms with Crippen molar-refractivity contribution in [2.75, 3.05) is 5.75 Å². The summed E-state index contributed by atoms with van der Waals surface area (Å²) in [5, 5.41) is 2.38. The quantitative estimate of drug-likeness (QED) is 0.623. The predicted octanol–water partition coefficient (Wildman–Crippen LogP) is 4.11. The van der Waals surface area contributed by atoms with Crippen molar-refractivity contribution in [2.45, 2.75) is 37.8 Å². The summed E-state index contributed by atoms with van der Waals surface area (Å²) in [4.78, 5) is 19.6. The van der Waals surface area contributed by atoms with E-state index in [2.05, 4.69) is 0 Å². The first-order chi connectivity index (χ1) is 10.1. The molecule has 0 aliphatic heterocycles. The molecule has 1 aliphatic carbocycles. The number of aromatic nitrogens is 2. The topological polar surface area (TPSA) is 34.9 Å². The number of nitrogens with zero attached hydrogens (tertiary/aromatic N) is 2. The van der Waals surface area contributed by atoms with Gasteiger partial charge in [0, 0.05) is 22.7 Å². The molecule has 6 heteroatoms. The first-order valence-electron chi connectivity index (χ1n) is 7.04. The van der Waals surface area contributed by atoms with Crippen molar-refractivity contribution < 1.29 is 0 Å². The zero-order chi connectivity index (χ0) is 15.0. The molecule has 0 bridgehead atoms. The highest BCUT2D eigenvalue weighted by molar-refractivity contribution is 7.99. The van der Waals surface area contributed by atoms with Gasteiger partial charge in [0.25, 0.3) is 5.56 Å². The van der Waals surface area contributed by atoms with Crippen LogP contribution in [0.3, 0.4) is 0 Å². The number of rotatable bonds is 3. The molecule has 2 aromatic heterocycles. The smallest absolute Gasteiger partial charge is 0.262 e. The molecule has 2 heterocycles. The summed E-state index contributed by atoms with van der Waals surface area (Å²) < 4.78 is 1.67. The molecule has 0 N–H and O–H groups in total. The summed E-state index contributed by atoms with van der Waals surface area (Å²) in [6, 6.07) is 0. The van der Waals surface area contributed by atoms with Crippen molar-refractivity contribution in [3.63, 3.8) is 0 Å². The Bertz CT molecular complexity index is 772. The summed E-state index contributed by atoms with van der Waals surface area (Å²) in [7, 11) is 1.81. The second-order valence-corrected chi connectivity index (χ2v) is 7.92. The molecule has 0 unspecified atom stereocenters. The van der Waals surface area contributed by atoms with E-state index in [1.807, 2.05) is 13.0 Å². The first-order valence-corrected chi connectivity index (χ1v) is 9.22. The lowest BCUT2D eigenvalue weighted by molar-refractivity contribution is 0.695. The van der Waals surface area contributed by atoms with Gasteiger partial charge in [-0.2, -0.15) is 0 Å². The molecular weight excluding hydrogens is 324 g/mol. The second-order valence-electron chi connectivity index (χ2n) is 5.25. The minimum absolute atomic E-state index is 0.0912. The van der Waals surface area contributed by atoms with Crippen molar-refractivity contribution in [3.8, 4) is 0 Å². The van der Waals surface area contributed by atoms with Crippen molar-refractivity contribution >= 4 is 44.9 Å². The molecule has 0 amide bonds. The average Bonchev–Trinajstić information content (AvgIpc) is 2.82. The minimum atomic E-state index is 0.0912. The van der Waals surface area contributed by atoms with Crippen LogP contribution in [0.4, 0.5) is 0 Å². The summed E-state index contributed by atoms with van der Waals surface area (Å²) in [5.41, 5.74) is 1.34. The third-order valence-electron chi connectivity index (χ3n) is 3.73. The molecular formula is C15H17ClN2OS2. The molecule has 0 atom stereocenters. The van der Waals surface area contributed by atoms with Gasteiger partial charge in [-0.15, -0.1) is 11.3 Å². The average molecular weight is 341 g/mol. The molecule has 3 rings (SSSR count). The van der Waals surface area contributed by atoms with Gasteiger partial charge in [-0.3, -0.25) is 9.36 Å². The summed E-state index contributed by atoms with van der Waals surface area (Å²) in [6.45, 7) is 1.85. The molecule has 0 aromatic carbocycles. The van der Waals surface area contributed by atoms with Gasteiger partial charge >= 0.3 is 0 Å². The third-order valence-corrected chi connectivity index (χ3v) is 6.03. The Morgan fingerprint density at radius 2 is 2.24 bits per heavy atom. The lowest BCUT2D eigenvalue weighted by Gasteiger charge is -2.10. The van der Waals surface area contributed by atoms with E-state index < -0.39 is 0 Å². The molecule has 0 fully saturated rings. The maximum absolute atomic E-state index is 12.7. The lowest BCUT2D eigenvalue weighted by Crippen LogP contribution is -2.20. The van der Waals surface area contributed by atoms with Gasteiger partial charge in [0.15, 0.2) is 5.16 Å². The van der Waals surface area contributed by atoms with E-state index in [1.165, 1.54) is 23.3 Å². The van der Waals surface area contributed by atoms with Crippen LogP contribution >= 0.6 is 34.7 Å². The van der Waals surface area contributed by atoms with E-state index >= 15 is 0 Å². The van der Waals surface area contributed by atoms with E-state index in [-0.39, 0.29) is 5.56 Å². The van der Waals surface area contributed by atoms with Crippen LogP contribution in [0.25, 0.3) is 10.2 Å². The van der Waals surface area contributed by atoms with Crippen LogP contribution in [0.2, 0.25) is 0 Å². The molecule has 1 aliphatic rings. The maximum Gasteiger partial charge on any atom is 0.262 e. The van der Waals surface area contributed by atoms with E-state index in [0.29, 0.717) is 0 Å². The van der Waals surface area contributed by atoms with Gasteiger partial charge in [0.1, 0.15) is 4.83 Å². The van der Waals surface area contributed by atoms with Gasteiger partial charge in [0.2, 0.25) is 0 Å². The SMILES string of the molecule is C/C(Cl)=C/CSc1nc2sc3c(c2c(=O)n1C)CCCC3. The molecule has 112 valence electrons. The number of aryl methyl sites for hydroxylation is 2. The van der Waals surface area contributed by atoms with Crippen molar-refractivity contribution in [3.05, 3.63) is 31.9 Å². The van der Waals surface area contributed by atoms with Crippen LogP contribution in [0.1, 0.15) is 30.2 Å². The monoisotopic (exact) mass is 340 g/mol. The van der Waals surface area contributed by atoms with Crippen LogP contribution < -0.4 is 5.56 Å². The number of halogens is 1. The maximum atomic E-state index is 12.7. The Balaban J connectivity index is 2.06. The fourth-order valence-electron chi connectivity index (χ4n) is 2.63. The Labute approximate surface area is 137 Å². The highest BCUT2D eigenvalue weighted by Gasteiger charge is 2.21. The Morgan fingerprint density at radius 3 is 3.00 bits per heavy atom. The zero-order valence-corrected chi connectivity index (χ0v) is 14.5. The highest BCUT2D eigenvalue weighted by atomic mass is 35.5. The molecule has 0 radical (unpaired) electrons. The number of hydrogen-bond donors (Lipinski definition) is 0. The van der Waals surface area contributed by atoms with Gasteiger partial charge in [-0.05, 0) is 38.2 Å². The largest absolute Gasteiger partial charge is 0.290 e. The molecule has 2 aromatic rings. The second kappa shape index (κ2) is 6.15. The van der Waals surface area contributed by atoms with E-state index in [4.69, 9.17) is 16.6 Å². The molecule has 0 spiro atoms. The van der Waals surface area contributed by atoms with E-state index in [1.54, 1.807) is 34.7 Å². The van der Waals surface area contributed by atoms with Crippen LogP contribution in [0, 0.1) is 0 Å². The van der Waals surface area contributed by atoms with Gasteiger partial charge in [0.05, 0.1) is 5.39 Å². The standard InChI is InChI=1S/C15H17ClN2OS2/c1-9(16)7-8-20-15-17-13-12(14(19)18(15)2)10-5-3-4-6-11(10)21-13/h7H,3-6,8H2,1-2H3/b9-7-. The molecule has 3 nitrogen and oxygen atoms in total. The summed E-state index contributed by atoms with van der Waals surface area (Å²) >= 11 is 9.08. The fourth-order valence-corrected chi connectivity index (χ4v) is 5.02. The number of allylic oxidation sites excluding steroid dienone is 1. The third kappa shape index (κ3) is 2.91. The van der Waals surface area contributed by atoms with Gasteiger partial charge < -0.3 is 0 Å². The lowest BCUT2D eigenvalue weighted by atomic mass is 9.97. The summed E-state index contributed by atoms with van der Waals surface area (Å²) in [6.07, 6.45) is 6.45. The highest BCUT2D eigenvalue weighted by Crippen LogP contribution is 2.34. The van der Waals surface area contributed by atoms with Crippen LogP contribution in [0.5, 0.6) is 0 Å². The normalized spacial score (nSPS) is 15.5. The van der Waals surface area contributed by atoms with Gasteiger partial charge in [-0.25, -0.2) is 4.98 Å². The Hall–Kier alpha value is -0.780. The van der Waals surface area contributed by atoms with Crippen molar-refractivity contribution in [2.24, 2.45) is 7.05 Å². The number of thioether (sulfide) groups is 1. The van der Waals surface area contributed by atoms with Crippen LogP contribution in [-0.4, -0.2) is 15.3 Å². The summed E-state index contributed by atoms with van der Waals surface area (Å²) in [5.74, 6) is 0.728. The zero-order valence-electron chi connectivity index (χ0n) is 12.1. The fraction of sp³-hybridized carbons (Fsp3) is 0.467. The van der Waals surface area contributed by atoms with Crippen molar-refractivity contribution in [1.82, 2.24) is 9.55 Å². The number of thiophene rings is 1. The molecule has 0 saturated heterocycles. The molecule has 21 heavy (non-hydrogen) atoms.